The molecule has 1 fully saturated rings. The Morgan fingerprint density at radius 3 is 2.79 bits per heavy atom. The third-order valence-corrected chi connectivity index (χ3v) is 4.92. The van der Waals surface area contributed by atoms with Gasteiger partial charge in [-0.05, 0) is 36.2 Å². The van der Waals surface area contributed by atoms with Crippen molar-refractivity contribution in [2.45, 2.75) is 18.6 Å². The smallest absolute Gasteiger partial charge is 0.161 e. The number of methoxy groups -OCH3 is 2. The van der Waals surface area contributed by atoms with Gasteiger partial charge in [0.15, 0.2) is 11.5 Å². The van der Waals surface area contributed by atoms with Crippen LogP contribution in [0.2, 0.25) is 0 Å². The molecule has 1 atom stereocenters. The van der Waals surface area contributed by atoms with Gasteiger partial charge in [0.05, 0.1) is 25.5 Å². The highest BCUT2D eigenvalue weighted by Gasteiger charge is 2.36. The third kappa shape index (κ3) is 5.79. The molecule has 29 heavy (non-hydrogen) atoms. The van der Waals surface area contributed by atoms with Crippen molar-refractivity contribution in [3.8, 4) is 11.5 Å². The van der Waals surface area contributed by atoms with Crippen molar-refractivity contribution in [2.24, 2.45) is 0 Å². The Balaban J connectivity index is 1.52. The maximum atomic E-state index is 13.1. The summed E-state index contributed by atoms with van der Waals surface area (Å²) in [6.45, 7) is 3.09. The first-order valence-corrected chi connectivity index (χ1v) is 9.61. The molecule has 2 N–H and O–H groups in total. The van der Waals surface area contributed by atoms with E-state index in [9.17, 15) is 9.50 Å². The molecule has 0 radical (unpaired) electrons. The number of aliphatic hydroxyl groups is 1. The lowest BCUT2D eigenvalue weighted by molar-refractivity contribution is 0.0626. The normalized spacial score (nSPS) is 18.8. The summed E-state index contributed by atoms with van der Waals surface area (Å²) < 4.78 is 29.1. The van der Waals surface area contributed by atoms with Gasteiger partial charge >= 0.3 is 0 Å². The summed E-state index contributed by atoms with van der Waals surface area (Å²) in [7, 11) is 3.23. The van der Waals surface area contributed by atoms with Crippen molar-refractivity contribution in [1.29, 1.82) is 0 Å². The highest BCUT2D eigenvalue weighted by atomic mass is 19.1. The Kier molecular flexibility index (Phi) is 7.24. The third-order valence-electron chi connectivity index (χ3n) is 4.92. The van der Waals surface area contributed by atoms with E-state index >= 15 is 0 Å². The molecule has 1 aliphatic rings. The standard InChI is InChI=1S/C21H28FN3O4/c1-27-9-10-29-19-11-16(3-5-18(19)28-2)12-23-14-21(26)7-8-25(15-21)20-6-4-17(22)13-24-20/h3-6,11,13,23,26H,7-10,12,14-15H2,1-2H3/t21-/m1/s1. The minimum Gasteiger partial charge on any atom is -0.493 e. The van der Waals surface area contributed by atoms with E-state index in [0.717, 1.165) is 5.56 Å². The van der Waals surface area contributed by atoms with Crippen molar-refractivity contribution in [2.75, 3.05) is 52.0 Å². The Bertz CT molecular complexity index is 790. The van der Waals surface area contributed by atoms with E-state index in [0.29, 0.717) is 63.1 Å². The zero-order valence-electron chi connectivity index (χ0n) is 16.9. The second-order valence-corrected chi connectivity index (χ2v) is 7.16. The Morgan fingerprint density at radius 1 is 1.21 bits per heavy atom. The molecule has 3 rings (SSSR count). The van der Waals surface area contributed by atoms with E-state index in [1.807, 2.05) is 23.1 Å². The summed E-state index contributed by atoms with van der Waals surface area (Å²) in [5, 5.41) is 14.2. The number of benzene rings is 1. The number of ether oxygens (including phenoxy) is 3. The molecule has 1 aromatic carbocycles. The molecule has 0 saturated carbocycles. The van der Waals surface area contributed by atoms with E-state index in [2.05, 4.69) is 10.3 Å². The molecule has 158 valence electrons. The minimum absolute atomic E-state index is 0.366. The van der Waals surface area contributed by atoms with Crippen LogP contribution in [-0.4, -0.2) is 62.8 Å². The van der Waals surface area contributed by atoms with Gasteiger partial charge in [0.25, 0.3) is 0 Å². The van der Waals surface area contributed by atoms with Gasteiger partial charge in [-0.15, -0.1) is 0 Å². The zero-order chi connectivity index (χ0) is 20.7. The molecule has 1 aromatic heterocycles. The lowest BCUT2D eigenvalue weighted by Gasteiger charge is -2.24. The van der Waals surface area contributed by atoms with Gasteiger partial charge in [0.1, 0.15) is 18.2 Å². The molecule has 7 nitrogen and oxygen atoms in total. The summed E-state index contributed by atoms with van der Waals surface area (Å²) in [6.07, 6.45) is 1.81. The van der Waals surface area contributed by atoms with Gasteiger partial charge in [-0.3, -0.25) is 0 Å². The summed E-state index contributed by atoms with van der Waals surface area (Å²) in [5.74, 6) is 1.64. The van der Waals surface area contributed by atoms with E-state index in [-0.39, 0.29) is 5.82 Å². The molecule has 0 amide bonds. The molecule has 8 heteroatoms. The van der Waals surface area contributed by atoms with Crippen molar-refractivity contribution < 1.29 is 23.7 Å². The van der Waals surface area contributed by atoms with Crippen molar-refractivity contribution in [3.63, 3.8) is 0 Å². The van der Waals surface area contributed by atoms with Crippen molar-refractivity contribution >= 4 is 5.82 Å². The number of nitrogens with zero attached hydrogens (tertiary/aromatic N) is 2. The van der Waals surface area contributed by atoms with Crippen LogP contribution in [0.3, 0.4) is 0 Å². The second kappa shape index (κ2) is 9.87. The van der Waals surface area contributed by atoms with E-state index in [1.54, 1.807) is 20.3 Å². The van der Waals surface area contributed by atoms with Crippen molar-refractivity contribution in [1.82, 2.24) is 10.3 Å². The van der Waals surface area contributed by atoms with E-state index in [1.165, 1.54) is 12.3 Å². The number of β-amino-alcohol motifs (C(OH)–C–C–N with tert-alkyl or cyclic N) is 1. The summed E-state index contributed by atoms with van der Waals surface area (Å²) in [4.78, 5) is 6.06. The fourth-order valence-electron chi connectivity index (χ4n) is 3.37. The Labute approximate surface area is 170 Å². The molecule has 2 aromatic rings. The second-order valence-electron chi connectivity index (χ2n) is 7.16. The highest BCUT2D eigenvalue weighted by molar-refractivity contribution is 5.43. The monoisotopic (exact) mass is 405 g/mol. The number of hydrogen-bond acceptors (Lipinski definition) is 7. The molecule has 0 spiro atoms. The molecule has 0 bridgehead atoms. The average Bonchev–Trinajstić information content (AvgIpc) is 3.11. The fourth-order valence-corrected chi connectivity index (χ4v) is 3.37. The maximum absolute atomic E-state index is 13.1. The molecule has 1 saturated heterocycles. The van der Waals surface area contributed by atoms with Crippen LogP contribution in [0.25, 0.3) is 0 Å². The van der Waals surface area contributed by atoms with Gasteiger partial charge in [-0.25, -0.2) is 9.37 Å². The summed E-state index contributed by atoms with van der Waals surface area (Å²) in [5.41, 5.74) is 0.164. The lowest BCUT2D eigenvalue weighted by Crippen LogP contribution is -2.43. The lowest BCUT2D eigenvalue weighted by atomic mass is 10.0. The molecule has 0 aliphatic carbocycles. The van der Waals surface area contributed by atoms with Gasteiger partial charge in [0, 0.05) is 33.3 Å². The quantitative estimate of drug-likeness (QED) is 0.586. The van der Waals surface area contributed by atoms with Gasteiger partial charge in [0.2, 0.25) is 0 Å². The minimum atomic E-state index is -0.861. The molecular formula is C21H28FN3O4. The van der Waals surface area contributed by atoms with Crippen LogP contribution in [0.1, 0.15) is 12.0 Å². The SMILES string of the molecule is COCCOc1cc(CNC[C@]2(O)CCN(c3ccc(F)cn3)C2)ccc1OC. The molecule has 0 unspecified atom stereocenters. The summed E-state index contributed by atoms with van der Waals surface area (Å²) >= 11 is 0. The predicted molar refractivity (Wildman–Crippen MR) is 108 cm³/mol. The highest BCUT2D eigenvalue weighted by Crippen LogP contribution is 2.28. The Morgan fingerprint density at radius 2 is 2.07 bits per heavy atom. The Hall–Kier alpha value is -2.42. The average molecular weight is 405 g/mol. The topological polar surface area (TPSA) is 76.1 Å². The summed E-state index contributed by atoms with van der Waals surface area (Å²) in [6, 6.07) is 8.77. The van der Waals surface area contributed by atoms with Crippen molar-refractivity contribution in [3.05, 3.63) is 47.9 Å². The van der Waals surface area contributed by atoms with Crippen LogP contribution in [-0.2, 0) is 11.3 Å². The molecular weight excluding hydrogens is 377 g/mol. The number of aromatic nitrogens is 1. The number of halogens is 1. The first-order valence-electron chi connectivity index (χ1n) is 9.61. The van der Waals surface area contributed by atoms with Crippen LogP contribution in [0, 0.1) is 5.82 Å². The number of hydrogen-bond donors (Lipinski definition) is 2. The zero-order valence-corrected chi connectivity index (χ0v) is 16.9. The number of nitrogens with one attached hydrogen (secondary N) is 1. The van der Waals surface area contributed by atoms with Crippen LogP contribution < -0.4 is 19.7 Å². The fraction of sp³-hybridized carbons (Fsp3) is 0.476. The maximum Gasteiger partial charge on any atom is 0.161 e. The number of anilines is 1. The predicted octanol–water partition coefficient (Wildman–Crippen LogP) is 1.99. The molecule has 1 aliphatic heterocycles. The van der Waals surface area contributed by atoms with E-state index in [4.69, 9.17) is 14.2 Å². The first-order chi connectivity index (χ1) is 14.0. The van der Waals surface area contributed by atoms with Gasteiger partial charge in [-0.2, -0.15) is 0 Å². The van der Waals surface area contributed by atoms with Crippen LogP contribution in [0.5, 0.6) is 11.5 Å². The van der Waals surface area contributed by atoms with Gasteiger partial charge < -0.3 is 29.5 Å². The first kappa shape index (κ1) is 21.3. The van der Waals surface area contributed by atoms with Crippen LogP contribution in [0.15, 0.2) is 36.5 Å². The largest absolute Gasteiger partial charge is 0.493 e. The van der Waals surface area contributed by atoms with Crippen LogP contribution >= 0.6 is 0 Å². The number of pyridine rings is 1. The molecule has 2 heterocycles. The number of rotatable bonds is 10. The van der Waals surface area contributed by atoms with E-state index < -0.39 is 5.60 Å². The van der Waals surface area contributed by atoms with Crippen LogP contribution in [0.4, 0.5) is 10.2 Å². The van der Waals surface area contributed by atoms with Gasteiger partial charge in [-0.1, -0.05) is 6.07 Å².